The van der Waals surface area contributed by atoms with E-state index in [1.54, 1.807) is 6.92 Å². The van der Waals surface area contributed by atoms with Crippen molar-refractivity contribution in [1.82, 2.24) is 0 Å². The Morgan fingerprint density at radius 3 is 2.72 bits per heavy atom. The van der Waals surface area contributed by atoms with Crippen molar-refractivity contribution < 1.29 is 13.9 Å². The van der Waals surface area contributed by atoms with Crippen LogP contribution in [-0.4, -0.2) is 31.0 Å². The average Bonchev–Trinajstić information content (AvgIpc) is 2.34. The second-order valence-electron chi connectivity index (χ2n) is 3.75. The average molecular weight is 255 g/mol. The van der Waals surface area contributed by atoms with E-state index in [2.05, 4.69) is 15.6 Å². The fraction of sp³-hybridized carbons (Fsp3) is 0.500. The van der Waals surface area contributed by atoms with Gasteiger partial charge in [0.1, 0.15) is 5.83 Å². The molecule has 100 valence electrons. The van der Waals surface area contributed by atoms with Gasteiger partial charge in [0.2, 0.25) is 0 Å². The summed E-state index contributed by atoms with van der Waals surface area (Å²) in [6, 6.07) is 0. The van der Waals surface area contributed by atoms with E-state index in [-0.39, 0.29) is 19.4 Å². The number of hydrogen-bond donors (Lipinski definition) is 2. The summed E-state index contributed by atoms with van der Waals surface area (Å²) >= 11 is 0. The molecule has 0 unspecified atom stereocenters. The molecule has 0 aliphatic carbocycles. The number of amidine groups is 1. The minimum Gasteiger partial charge on any atom is -0.467 e. The minimum atomic E-state index is -1.53. The van der Waals surface area contributed by atoms with Gasteiger partial charge in [-0.2, -0.15) is 0 Å². The molecule has 18 heavy (non-hydrogen) atoms. The maximum absolute atomic E-state index is 13.2. The summed E-state index contributed by atoms with van der Waals surface area (Å²) < 4.78 is 17.7. The Hall–Kier alpha value is -1.87. The van der Waals surface area contributed by atoms with E-state index in [0.717, 1.165) is 0 Å². The highest BCUT2D eigenvalue weighted by Crippen LogP contribution is 2.13. The third kappa shape index (κ3) is 5.46. The van der Waals surface area contributed by atoms with Crippen LogP contribution in [0.2, 0.25) is 0 Å². The molecule has 0 heterocycles. The summed E-state index contributed by atoms with van der Waals surface area (Å²) in [5.41, 5.74) is 9.39. The summed E-state index contributed by atoms with van der Waals surface area (Å²) in [6.45, 7) is 1.43. The highest BCUT2D eigenvalue weighted by Gasteiger charge is 2.32. The third-order valence-electron chi connectivity index (χ3n) is 2.19. The summed E-state index contributed by atoms with van der Waals surface area (Å²) in [7, 11) is 1.19. The molecular formula is C12H18FN3O2. The SMILES string of the molecule is C#C[C@@](N)(CC/C=C(/F)CN=C(C)N)C(=O)OC. The number of halogens is 1. The number of nitrogens with zero attached hydrogens (tertiary/aromatic N) is 1. The first kappa shape index (κ1) is 16.1. The van der Waals surface area contributed by atoms with Gasteiger partial charge < -0.3 is 16.2 Å². The number of allylic oxidation sites excluding steroid dienone is 1. The monoisotopic (exact) mass is 255 g/mol. The second kappa shape index (κ2) is 7.45. The lowest BCUT2D eigenvalue weighted by atomic mass is 9.95. The molecule has 6 heteroatoms. The maximum atomic E-state index is 13.2. The number of rotatable bonds is 6. The summed E-state index contributed by atoms with van der Waals surface area (Å²) in [6.07, 6.45) is 6.74. The maximum Gasteiger partial charge on any atom is 0.338 e. The van der Waals surface area contributed by atoms with Crippen molar-refractivity contribution in [1.29, 1.82) is 0 Å². The van der Waals surface area contributed by atoms with E-state index >= 15 is 0 Å². The molecule has 0 fully saturated rings. The van der Waals surface area contributed by atoms with Crippen LogP contribution in [0.4, 0.5) is 4.39 Å². The molecule has 0 rings (SSSR count). The molecular weight excluding hydrogens is 237 g/mol. The number of ether oxygens (including phenoxy) is 1. The van der Waals surface area contributed by atoms with E-state index in [9.17, 15) is 9.18 Å². The van der Waals surface area contributed by atoms with Gasteiger partial charge in [0.15, 0.2) is 5.54 Å². The Bertz CT molecular complexity index is 395. The number of methoxy groups -OCH3 is 1. The lowest BCUT2D eigenvalue weighted by Gasteiger charge is -2.19. The molecule has 1 atom stereocenters. The number of carbonyl (C=O) groups excluding carboxylic acids is 1. The third-order valence-corrected chi connectivity index (χ3v) is 2.19. The standard InChI is InChI=1S/C12H18FN3O2/c1-4-12(15,11(17)18-3)7-5-6-10(13)8-16-9(2)14/h1,6H,5,7-8,15H2,2-3H3,(H2,14,16)/b10-6+/t12-/m1/s1. The summed E-state index contributed by atoms with van der Waals surface area (Å²) in [4.78, 5) is 15.0. The van der Waals surface area contributed by atoms with Crippen LogP contribution in [0.25, 0.3) is 0 Å². The van der Waals surface area contributed by atoms with E-state index in [4.69, 9.17) is 17.9 Å². The van der Waals surface area contributed by atoms with Gasteiger partial charge in [-0.25, -0.2) is 9.18 Å². The fourth-order valence-electron chi connectivity index (χ4n) is 1.14. The lowest BCUT2D eigenvalue weighted by Crippen LogP contribution is -2.47. The van der Waals surface area contributed by atoms with Crippen molar-refractivity contribution in [2.24, 2.45) is 16.5 Å². The van der Waals surface area contributed by atoms with Crippen LogP contribution >= 0.6 is 0 Å². The van der Waals surface area contributed by atoms with Crippen LogP contribution in [-0.2, 0) is 9.53 Å². The van der Waals surface area contributed by atoms with Gasteiger partial charge in [0, 0.05) is 0 Å². The molecule has 0 saturated carbocycles. The van der Waals surface area contributed by atoms with Crippen LogP contribution in [0, 0.1) is 12.3 Å². The van der Waals surface area contributed by atoms with E-state index in [1.165, 1.54) is 13.2 Å². The van der Waals surface area contributed by atoms with Gasteiger partial charge >= 0.3 is 5.97 Å². The first-order valence-corrected chi connectivity index (χ1v) is 5.32. The molecule has 0 radical (unpaired) electrons. The number of terminal acetylenes is 1. The number of esters is 1. The topological polar surface area (TPSA) is 90.7 Å². The molecule has 0 aliphatic heterocycles. The predicted octanol–water partition coefficient (Wildman–Crippen LogP) is 0.501. The fourth-order valence-corrected chi connectivity index (χ4v) is 1.14. The van der Waals surface area contributed by atoms with Crippen molar-refractivity contribution in [2.75, 3.05) is 13.7 Å². The molecule has 0 aliphatic rings. The molecule has 0 spiro atoms. The van der Waals surface area contributed by atoms with Gasteiger partial charge in [-0.05, 0) is 19.8 Å². The second-order valence-corrected chi connectivity index (χ2v) is 3.75. The van der Waals surface area contributed by atoms with Crippen LogP contribution in [0.15, 0.2) is 16.9 Å². The van der Waals surface area contributed by atoms with Crippen molar-refractivity contribution >= 4 is 11.8 Å². The molecule has 5 nitrogen and oxygen atoms in total. The van der Waals surface area contributed by atoms with Crippen molar-refractivity contribution in [2.45, 2.75) is 25.3 Å². The van der Waals surface area contributed by atoms with E-state index < -0.39 is 17.3 Å². The Labute approximate surface area is 106 Å². The normalized spacial score (nSPS) is 15.7. The van der Waals surface area contributed by atoms with Crippen LogP contribution in [0.3, 0.4) is 0 Å². The van der Waals surface area contributed by atoms with Crippen LogP contribution in [0.5, 0.6) is 0 Å². The molecule has 0 aromatic rings. The molecule has 0 aromatic heterocycles. The van der Waals surface area contributed by atoms with Crippen LogP contribution < -0.4 is 11.5 Å². The Kier molecular flexibility index (Phi) is 6.68. The first-order chi connectivity index (χ1) is 8.35. The lowest BCUT2D eigenvalue weighted by molar-refractivity contribution is -0.144. The van der Waals surface area contributed by atoms with Gasteiger partial charge in [-0.15, -0.1) is 6.42 Å². The molecule has 0 bridgehead atoms. The largest absolute Gasteiger partial charge is 0.467 e. The van der Waals surface area contributed by atoms with Gasteiger partial charge in [0.25, 0.3) is 0 Å². The zero-order valence-corrected chi connectivity index (χ0v) is 10.6. The number of nitrogens with two attached hydrogens (primary N) is 2. The van der Waals surface area contributed by atoms with Gasteiger partial charge in [0.05, 0.1) is 19.5 Å². The highest BCUT2D eigenvalue weighted by atomic mass is 19.1. The first-order valence-electron chi connectivity index (χ1n) is 5.32. The summed E-state index contributed by atoms with van der Waals surface area (Å²) in [5.74, 6) is 1.29. The number of hydrogen-bond acceptors (Lipinski definition) is 4. The van der Waals surface area contributed by atoms with Gasteiger partial charge in [-0.1, -0.05) is 12.0 Å². The minimum absolute atomic E-state index is 0.0922. The molecule has 0 aromatic carbocycles. The van der Waals surface area contributed by atoms with Crippen molar-refractivity contribution in [3.05, 3.63) is 11.9 Å². The van der Waals surface area contributed by atoms with E-state index in [0.29, 0.717) is 5.84 Å². The molecule has 0 saturated heterocycles. The smallest absolute Gasteiger partial charge is 0.338 e. The highest BCUT2D eigenvalue weighted by molar-refractivity contribution is 5.84. The zero-order chi connectivity index (χ0) is 14.2. The van der Waals surface area contributed by atoms with E-state index in [1.807, 2.05) is 0 Å². The Morgan fingerprint density at radius 1 is 1.67 bits per heavy atom. The van der Waals surface area contributed by atoms with Gasteiger partial charge in [-0.3, -0.25) is 4.99 Å². The predicted molar refractivity (Wildman–Crippen MR) is 68.4 cm³/mol. The van der Waals surface area contributed by atoms with Crippen molar-refractivity contribution in [3.8, 4) is 12.3 Å². The van der Waals surface area contributed by atoms with Crippen molar-refractivity contribution in [3.63, 3.8) is 0 Å². The Morgan fingerprint density at radius 2 is 2.28 bits per heavy atom. The summed E-state index contributed by atoms with van der Waals surface area (Å²) in [5, 5.41) is 0. The molecule has 0 amide bonds. The zero-order valence-electron chi connectivity index (χ0n) is 10.6. The van der Waals surface area contributed by atoms with Crippen LogP contribution in [0.1, 0.15) is 19.8 Å². The number of carbonyl (C=O) groups is 1. The number of aliphatic imine (C=N–C) groups is 1. The molecule has 4 N–H and O–H groups in total. The quantitative estimate of drug-likeness (QED) is 0.313. The Balaban J connectivity index is 4.40.